The first kappa shape index (κ1) is 17.4. The predicted molar refractivity (Wildman–Crippen MR) is 80.5 cm³/mol. The Balaban J connectivity index is 2.55. The van der Waals surface area contributed by atoms with E-state index in [4.69, 9.17) is 15.2 Å². The van der Waals surface area contributed by atoms with E-state index in [1.807, 2.05) is 12.1 Å². The van der Waals surface area contributed by atoms with Gasteiger partial charge in [0.15, 0.2) is 11.5 Å². The number of carbonyl (C=O) groups excluding carboxylic acids is 2. The van der Waals surface area contributed by atoms with E-state index < -0.39 is 11.9 Å². The molecule has 3 N–H and O–H groups in total. The van der Waals surface area contributed by atoms with Crippen LogP contribution in [0.5, 0.6) is 11.5 Å². The van der Waals surface area contributed by atoms with Crippen LogP contribution in [0.2, 0.25) is 0 Å². The van der Waals surface area contributed by atoms with Crippen molar-refractivity contribution in [2.45, 2.75) is 6.42 Å². The summed E-state index contributed by atoms with van der Waals surface area (Å²) in [6.07, 6.45) is 1.52. The Hall–Kier alpha value is -2.70. The van der Waals surface area contributed by atoms with Gasteiger partial charge in [0.05, 0.1) is 27.4 Å². The molecule has 1 amide bonds. The molecule has 0 bridgehead atoms. The standard InChI is InChI=1S/C15H20N2O5/c1-20-12-5-4-10(8-13(12)21-2)6-7-17-15(19)11(16)9-14(18)22-3/h4-5,8-9H,6-7,16H2,1-3H3,(H,17,19)/b11-9-. The van der Waals surface area contributed by atoms with E-state index in [1.54, 1.807) is 20.3 Å². The van der Waals surface area contributed by atoms with Crippen LogP contribution in [0.3, 0.4) is 0 Å². The Morgan fingerprint density at radius 3 is 2.45 bits per heavy atom. The Bertz CT molecular complexity index is 569. The summed E-state index contributed by atoms with van der Waals surface area (Å²) in [5.41, 5.74) is 6.24. The van der Waals surface area contributed by atoms with Crippen LogP contribution >= 0.6 is 0 Å². The van der Waals surface area contributed by atoms with Crippen LogP contribution in [0.4, 0.5) is 0 Å². The largest absolute Gasteiger partial charge is 0.493 e. The summed E-state index contributed by atoms with van der Waals surface area (Å²) < 4.78 is 14.7. The molecule has 1 aromatic rings. The predicted octanol–water partition coefficient (Wildman–Crippen LogP) is 0.378. The third-order valence-electron chi connectivity index (χ3n) is 2.88. The van der Waals surface area contributed by atoms with Gasteiger partial charge >= 0.3 is 5.97 Å². The van der Waals surface area contributed by atoms with Crippen molar-refractivity contribution >= 4 is 11.9 Å². The van der Waals surface area contributed by atoms with Crippen molar-refractivity contribution in [3.05, 3.63) is 35.5 Å². The second-order valence-electron chi connectivity index (χ2n) is 4.32. The lowest BCUT2D eigenvalue weighted by Gasteiger charge is -2.10. The van der Waals surface area contributed by atoms with E-state index in [0.29, 0.717) is 24.5 Å². The summed E-state index contributed by atoms with van der Waals surface area (Å²) in [5, 5.41) is 2.61. The zero-order valence-electron chi connectivity index (χ0n) is 12.8. The van der Waals surface area contributed by atoms with E-state index in [2.05, 4.69) is 10.1 Å². The highest BCUT2D eigenvalue weighted by Crippen LogP contribution is 2.27. The summed E-state index contributed by atoms with van der Waals surface area (Å²) in [6, 6.07) is 5.50. The van der Waals surface area contributed by atoms with Crippen molar-refractivity contribution in [1.82, 2.24) is 5.32 Å². The van der Waals surface area contributed by atoms with Crippen molar-refractivity contribution in [3.63, 3.8) is 0 Å². The second-order valence-corrected chi connectivity index (χ2v) is 4.32. The number of amides is 1. The van der Waals surface area contributed by atoms with Gasteiger partial charge in [-0.2, -0.15) is 0 Å². The van der Waals surface area contributed by atoms with Gasteiger partial charge in [0, 0.05) is 6.54 Å². The first-order valence-corrected chi connectivity index (χ1v) is 6.56. The molecule has 0 radical (unpaired) electrons. The van der Waals surface area contributed by atoms with Gasteiger partial charge in [-0.05, 0) is 24.1 Å². The smallest absolute Gasteiger partial charge is 0.332 e. The second kappa shape index (κ2) is 8.56. The lowest BCUT2D eigenvalue weighted by atomic mass is 10.1. The highest BCUT2D eigenvalue weighted by atomic mass is 16.5. The summed E-state index contributed by atoms with van der Waals surface area (Å²) in [5.74, 6) is 0.0652. The number of hydrogen-bond donors (Lipinski definition) is 2. The van der Waals surface area contributed by atoms with E-state index >= 15 is 0 Å². The molecule has 0 spiro atoms. The minimum atomic E-state index is -0.674. The zero-order chi connectivity index (χ0) is 16.5. The number of benzene rings is 1. The fourth-order valence-electron chi connectivity index (χ4n) is 1.71. The Labute approximate surface area is 129 Å². The molecule has 0 saturated heterocycles. The molecule has 7 nitrogen and oxygen atoms in total. The lowest BCUT2D eigenvalue weighted by Crippen LogP contribution is -2.30. The van der Waals surface area contributed by atoms with Crippen molar-refractivity contribution in [2.24, 2.45) is 5.73 Å². The molecule has 0 saturated carbocycles. The summed E-state index contributed by atoms with van der Waals surface area (Å²) in [6.45, 7) is 0.365. The van der Waals surface area contributed by atoms with Gasteiger partial charge in [0.2, 0.25) is 0 Å². The van der Waals surface area contributed by atoms with Crippen LogP contribution in [-0.2, 0) is 20.7 Å². The van der Waals surface area contributed by atoms with Crippen LogP contribution in [0.15, 0.2) is 30.0 Å². The molecule has 1 rings (SSSR count). The van der Waals surface area contributed by atoms with Gasteiger partial charge in [-0.1, -0.05) is 6.07 Å². The molecule has 0 aromatic heterocycles. The van der Waals surface area contributed by atoms with Crippen molar-refractivity contribution < 1.29 is 23.8 Å². The van der Waals surface area contributed by atoms with E-state index in [-0.39, 0.29) is 5.70 Å². The number of ether oxygens (including phenoxy) is 3. The lowest BCUT2D eigenvalue weighted by molar-refractivity contribution is -0.135. The van der Waals surface area contributed by atoms with Crippen molar-refractivity contribution in [2.75, 3.05) is 27.9 Å². The number of esters is 1. The number of nitrogens with one attached hydrogen (secondary N) is 1. The molecule has 22 heavy (non-hydrogen) atoms. The molecule has 1 aromatic carbocycles. The summed E-state index contributed by atoms with van der Waals surface area (Å²) in [4.78, 5) is 22.6. The van der Waals surface area contributed by atoms with Crippen LogP contribution in [0.25, 0.3) is 0 Å². The molecular weight excluding hydrogens is 288 g/mol. The Morgan fingerprint density at radius 2 is 1.86 bits per heavy atom. The molecule has 0 fully saturated rings. The molecule has 0 aliphatic rings. The molecule has 0 unspecified atom stereocenters. The van der Waals surface area contributed by atoms with Gasteiger partial charge < -0.3 is 25.3 Å². The molecule has 120 valence electrons. The maximum absolute atomic E-state index is 11.7. The SMILES string of the molecule is COC(=O)/C=C(\N)C(=O)NCCc1ccc(OC)c(OC)c1. The summed E-state index contributed by atoms with van der Waals surface area (Å²) in [7, 11) is 4.33. The number of rotatable bonds is 7. The molecule has 0 aliphatic carbocycles. The maximum atomic E-state index is 11.7. The van der Waals surface area contributed by atoms with Crippen LogP contribution in [-0.4, -0.2) is 39.8 Å². The molecule has 0 aliphatic heterocycles. The fourth-order valence-corrected chi connectivity index (χ4v) is 1.71. The Morgan fingerprint density at radius 1 is 1.18 bits per heavy atom. The average Bonchev–Trinajstić information content (AvgIpc) is 2.54. The van der Waals surface area contributed by atoms with E-state index in [1.165, 1.54) is 7.11 Å². The Kier molecular flexibility index (Phi) is 6.75. The summed E-state index contributed by atoms with van der Waals surface area (Å²) >= 11 is 0. The number of hydrogen-bond acceptors (Lipinski definition) is 6. The first-order valence-electron chi connectivity index (χ1n) is 6.56. The van der Waals surface area contributed by atoms with Gasteiger partial charge in [0.1, 0.15) is 5.70 Å². The maximum Gasteiger partial charge on any atom is 0.332 e. The highest BCUT2D eigenvalue weighted by molar-refractivity contribution is 5.98. The normalized spacial score (nSPS) is 10.8. The average molecular weight is 308 g/mol. The fraction of sp³-hybridized carbons (Fsp3) is 0.333. The quantitative estimate of drug-likeness (QED) is 0.558. The van der Waals surface area contributed by atoms with Crippen molar-refractivity contribution in [1.29, 1.82) is 0 Å². The van der Waals surface area contributed by atoms with Crippen LogP contribution < -0.4 is 20.5 Å². The highest BCUT2D eigenvalue weighted by Gasteiger charge is 2.08. The molecule has 7 heteroatoms. The van der Waals surface area contributed by atoms with E-state index in [0.717, 1.165) is 11.6 Å². The number of nitrogens with two attached hydrogens (primary N) is 1. The van der Waals surface area contributed by atoms with Gasteiger partial charge in [-0.25, -0.2) is 4.79 Å². The van der Waals surface area contributed by atoms with Crippen LogP contribution in [0.1, 0.15) is 5.56 Å². The van der Waals surface area contributed by atoms with Gasteiger partial charge in [0.25, 0.3) is 5.91 Å². The third kappa shape index (κ3) is 5.01. The number of methoxy groups -OCH3 is 3. The molecule has 0 heterocycles. The van der Waals surface area contributed by atoms with E-state index in [9.17, 15) is 9.59 Å². The van der Waals surface area contributed by atoms with Crippen LogP contribution in [0, 0.1) is 0 Å². The number of carbonyl (C=O) groups is 2. The molecule has 0 atom stereocenters. The van der Waals surface area contributed by atoms with Gasteiger partial charge in [-0.3, -0.25) is 4.79 Å². The topological polar surface area (TPSA) is 99.9 Å². The minimum absolute atomic E-state index is 0.195. The zero-order valence-corrected chi connectivity index (χ0v) is 12.8. The molecular formula is C15H20N2O5. The van der Waals surface area contributed by atoms with Crippen molar-refractivity contribution in [3.8, 4) is 11.5 Å². The monoisotopic (exact) mass is 308 g/mol. The third-order valence-corrected chi connectivity index (χ3v) is 2.88. The first-order chi connectivity index (χ1) is 10.5. The van der Waals surface area contributed by atoms with Gasteiger partial charge in [-0.15, -0.1) is 0 Å². The minimum Gasteiger partial charge on any atom is -0.493 e.